The second-order valence-electron chi connectivity index (χ2n) is 5.06. The molecule has 0 saturated heterocycles. The largest absolute Gasteiger partial charge is 0.481 e. The van der Waals surface area contributed by atoms with Gasteiger partial charge in [0.2, 0.25) is 0 Å². The fourth-order valence-electron chi connectivity index (χ4n) is 1.89. The van der Waals surface area contributed by atoms with Crippen LogP contribution in [-0.4, -0.2) is 57.6 Å². The Morgan fingerprint density at radius 1 is 1.08 bits per heavy atom. The Morgan fingerprint density at radius 2 is 1.62 bits per heavy atom. The minimum Gasteiger partial charge on any atom is -0.481 e. The van der Waals surface area contributed by atoms with Crippen molar-refractivity contribution in [2.75, 3.05) is 19.8 Å². The predicted molar refractivity (Wildman–Crippen MR) is 93.9 cm³/mol. The van der Waals surface area contributed by atoms with E-state index in [9.17, 15) is 4.79 Å². The second-order valence-corrected chi connectivity index (χ2v) is 5.06. The van der Waals surface area contributed by atoms with Gasteiger partial charge < -0.3 is 19.3 Å². The zero-order valence-corrected chi connectivity index (χ0v) is 15.5. The molecule has 0 bridgehead atoms. The van der Waals surface area contributed by atoms with Gasteiger partial charge in [0.15, 0.2) is 0 Å². The highest BCUT2D eigenvalue weighted by Gasteiger charge is 2.13. The van der Waals surface area contributed by atoms with Gasteiger partial charge in [-0.25, -0.2) is 4.68 Å². The summed E-state index contributed by atoms with van der Waals surface area (Å²) in [4.78, 5) is 10.8. The zero-order valence-electron chi connectivity index (χ0n) is 15.5. The summed E-state index contributed by atoms with van der Waals surface area (Å²) >= 11 is 0. The fourth-order valence-corrected chi connectivity index (χ4v) is 1.89. The monoisotopic (exact) mass is 366 g/mol. The molecule has 0 aliphatic heterocycles. The summed E-state index contributed by atoms with van der Waals surface area (Å²) in [5, 5.41) is 19.6. The van der Waals surface area contributed by atoms with Crippen molar-refractivity contribution in [1.82, 2.24) is 20.2 Å². The van der Waals surface area contributed by atoms with Crippen LogP contribution in [0.3, 0.4) is 0 Å². The van der Waals surface area contributed by atoms with Crippen molar-refractivity contribution in [1.29, 1.82) is 0 Å². The van der Waals surface area contributed by atoms with Crippen molar-refractivity contribution >= 4 is 5.97 Å². The van der Waals surface area contributed by atoms with E-state index in [2.05, 4.69) is 15.5 Å². The summed E-state index contributed by atoms with van der Waals surface area (Å²) in [6.07, 6.45) is 1.48. The summed E-state index contributed by atoms with van der Waals surface area (Å²) in [6.45, 7) is 8.75. The molecule has 1 N–H and O–H groups in total. The van der Waals surface area contributed by atoms with Crippen LogP contribution in [0.15, 0.2) is 30.6 Å². The molecule has 26 heavy (non-hydrogen) atoms. The molecule has 0 aliphatic carbocycles. The number of hydrogen-bond acceptors (Lipinski definition) is 7. The third-order valence-corrected chi connectivity index (χ3v) is 3.29. The van der Waals surface area contributed by atoms with E-state index < -0.39 is 18.4 Å². The first-order chi connectivity index (χ1) is 12.5. The van der Waals surface area contributed by atoms with Crippen molar-refractivity contribution in [3.05, 3.63) is 36.2 Å². The second kappa shape index (κ2) is 12.1. The first-order valence-corrected chi connectivity index (χ1v) is 8.44. The lowest BCUT2D eigenvalue weighted by Crippen LogP contribution is -2.20. The van der Waals surface area contributed by atoms with E-state index in [0.29, 0.717) is 19.8 Å². The van der Waals surface area contributed by atoms with Crippen molar-refractivity contribution in [2.45, 2.75) is 40.1 Å². The molecule has 0 saturated carbocycles. The van der Waals surface area contributed by atoms with Gasteiger partial charge in [0.25, 0.3) is 6.48 Å². The summed E-state index contributed by atoms with van der Waals surface area (Å²) in [5.74, 6) is -1.35. The molecule has 1 aromatic heterocycles. The molecule has 1 aromatic carbocycles. The van der Waals surface area contributed by atoms with Crippen molar-refractivity contribution in [3.63, 3.8) is 0 Å². The first kappa shape index (κ1) is 21.7. The van der Waals surface area contributed by atoms with Gasteiger partial charge in [-0.05, 0) is 55.8 Å². The Hall–Kier alpha value is -2.36. The highest BCUT2D eigenvalue weighted by Crippen LogP contribution is 2.17. The van der Waals surface area contributed by atoms with E-state index >= 15 is 0 Å². The molecule has 2 aromatic rings. The molecule has 0 fully saturated rings. The number of benzene rings is 1. The number of rotatable bonds is 9. The van der Waals surface area contributed by atoms with Gasteiger partial charge in [0, 0.05) is 19.8 Å². The maximum absolute atomic E-state index is 10.8. The predicted octanol–water partition coefficient (Wildman–Crippen LogP) is 2.23. The van der Waals surface area contributed by atoms with E-state index in [4.69, 9.17) is 19.3 Å². The van der Waals surface area contributed by atoms with Gasteiger partial charge >= 0.3 is 5.97 Å². The number of aliphatic carboxylic acids is 1. The van der Waals surface area contributed by atoms with E-state index in [0.717, 1.165) is 11.3 Å². The third kappa shape index (κ3) is 7.26. The normalized spacial score (nSPS) is 11.7. The molecule has 9 nitrogen and oxygen atoms in total. The van der Waals surface area contributed by atoms with Gasteiger partial charge in [-0.2, -0.15) is 0 Å². The molecular weight excluding hydrogens is 340 g/mol. The van der Waals surface area contributed by atoms with E-state index in [1.807, 2.05) is 20.8 Å². The van der Waals surface area contributed by atoms with Crippen LogP contribution in [0.2, 0.25) is 0 Å². The van der Waals surface area contributed by atoms with E-state index in [1.54, 1.807) is 31.2 Å². The maximum atomic E-state index is 10.8. The van der Waals surface area contributed by atoms with Crippen LogP contribution >= 0.6 is 0 Å². The molecular formula is C17H26N4O5. The zero-order chi connectivity index (χ0) is 19.4. The summed E-state index contributed by atoms with van der Waals surface area (Å²) in [6, 6.07) is 7.09. The lowest BCUT2D eigenvalue weighted by molar-refractivity contribution is -0.282. The molecule has 1 unspecified atom stereocenters. The van der Waals surface area contributed by atoms with Crippen LogP contribution < -0.4 is 0 Å². The number of carboxylic acids is 1. The number of nitrogens with zero attached hydrogens (tertiary/aromatic N) is 4. The van der Waals surface area contributed by atoms with Gasteiger partial charge in [0.05, 0.1) is 11.6 Å². The SMILES string of the molecule is CC(C(=O)O)c1ccc(-n2cnnn2)cc1.CCOC(OCC)OCC. The smallest absolute Gasteiger partial charge is 0.310 e. The standard InChI is InChI=1S/C10H10N4O2.C7H16O3/c1-7(10(15)16)8-2-4-9(5-3-8)14-6-11-12-13-14;1-4-8-7(9-5-2)10-6-3/h2-7H,1H3,(H,15,16);7H,4-6H2,1-3H3. The quantitative estimate of drug-likeness (QED) is 0.673. The minimum atomic E-state index is -0.838. The van der Waals surface area contributed by atoms with Crippen LogP contribution in [0, 0.1) is 0 Å². The molecule has 0 radical (unpaired) electrons. The van der Waals surface area contributed by atoms with Crippen molar-refractivity contribution in [3.8, 4) is 5.69 Å². The lowest BCUT2D eigenvalue weighted by Gasteiger charge is -2.15. The molecule has 9 heteroatoms. The topological polar surface area (TPSA) is 109 Å². The number of aromatic nitrogens is 4. The number of carboxylic acid groups (broad SMARTS) is 1. The van der Waals surface area contributed by atoms with Gasteiger partial charge in [-0.15, -0.1) is 5.10 Å². The fraction of sp³-hybridized carbons (Fsp3) is 0.529. The number of ether oxygens (including phenoxy) is 3. The first-order valence-electron chi connectivity index (χ1n) is 8.44. The Morgan fingerprint density at radius 3 is 2.00 bits per heavy atom. The number of hydrogen-bond donors (Lipinski definition) is 1. The summed E-state index contributed by atoms with van der Waals surface area (Å²) < 4.78 is 16.7. The van der Waals surface area contributed by atoms with Crippen LogP contribution in [-0.2, 0) is 19.0 Å². The minimum absolute atomic E-state index is 0.472. The molecule has 1 atom stereocenters. The molecule has 0 spiro atoms. The molecule has 0 amide bonds. The Bertz CT molecular complexity index is 604. The lowest BCUT2D eigenvalue weighted by atomic mass is 10.0. The van der Waals surface area contributed by atoms with Gasteiger partial charge in [0.1, 0.15) is 6.33 Å². The Labute approximate surface area is 152 Å². The third-order valence-electron chi connectivity index (χ3n) is 3.29. The Kier molecular flexibility index (Phi) is 10.1. The van der Waals surface area contributed by atoms with Gasteiger partial charge in [-0.1, -0.05) is 12.1 Å². The summed E-state index contributed by atoms with van der Waals surface area (Å²) in [7, 11) is 0. The van der Waals surface area contributed by atoms with Crippen LogP contribution in [0.5, 0.6) is 0 Å². The van der Waals surface area contributed by atoms with Crippen LogP contribution in [0.4, 0.5) is 0 Å². The van der Waals surface area contributed by atoms with Crippen molar-refractivity contribution in [2.24, 2.45) is 0 Å². The molecule has 1 heterocycles. The Balaban J connectivity index is 0.000000294. The highest BCUT2D eigenvalue weighted by atomic mass is 16.8. The van der Waals surface area contributed by atoms with E-state index in [-0.39, 0.29) is 0 Å². The summed E-state index contributed by atoms with van der Waals surface area (Å²) in [5.41, 5.74) is 1.55. The molecule has 2 rings (SSSR count). The highest BCUT2D eigenvalue weighted by molar-refractivity contribution is 5.75. The van der Waals surface area contributed by atoms with Crippen molar-refractivity contribution < 1.29 is 24.1 Å². The maximum Gasteiger partial charge on any atom is 0.310 e. The van der Waals surface area contributed by atoms with Crippen LogP contribution in [0.25, 0.3) is 5.69 Å². The number of carbonyl (C=O) groups is 1. The number of tetrazole rings is 1. The van der Waals surface area contributed by atoms with E-state index in [1.165, 1.54) is 11.0 Å². The van der Waals surface area contributed by atoms with Gasteiger partial charge in [-0.3, -0.25) is 4.79 Å². The van der Waals surface area contributed by atoms with Crippen LogP contribution in [0.1, 0.15) is 39.2 Å². The molecule has 0 aliphatic rings. The average molecular weight is 366 g/mol. The average Bonchev–Trinajstić information content (AvgIpc) is 3.17. The molecule has 144 valence electrons.